The number of benzene rings is 2. The summed E-state index contributed by atoms with van der Waals surface area (Å²) in [6.07, 6.45) is 3.90. The van der Waals surface area contributed by atoms with Crippen LogP contribution < -0.4 is 16.0 Å². The van der Waals surface area contributed by atoms with Crippen molar-refractivity contribution in [2.75, 3.05) is 11.4 Å². The lowest BCUT2D eigenvalue weighted by atomic mass is 10.0. The highest BCUT2D eigenvalue weighted by molar-refractivity contribution is 5.98. The number of carboxylic acid groups (broad SMARTS) is 1. The number of carbonyl (C=O) groups excluding carboxylic acids is 2. The Balaban J connectivity index is 1.63. The number of halogens is 1. The van der Waals surface area contributed by atoms with Crippen molar-refractivity contribution < 1.29 is 23.9 Å². The number of nitrogens with zero attached hydrogens (tertiary/aromatic N) is 3. The largest absolute Gasteiger partial charge is 0.478 e. The number of aromatic nitrogens is 2. The maximum Gasteiger partial charge on any atom is 0.335 e. The number of anilines is 1. The molecule has 2 amide bonds. The van der Waals surface area contributed by atoms with Crippen molar-refractivity contribution in [3.63, 3.8) is 0 Å². The molecule has 1 unspecified atom stereocenters. The summed E-state index contributed by atoms with van der Waals surface area (Å²) in [6.45, 7) is 1.61. The van der Waals surface area contributed by atoms with E-state index in [1.807, 2.05) is 0 Å². The van der Waals surface area contributed by atoms with Crippen LogP contribution in [0.2, 0.25) is 0 Å². The third kappa shape index (κ3) is 5.11. The molecule has 0 fully saturated rings. The predicted molar refractivity (Wildman–Crippen MR) is 125 cm³/mol. The van der Waals surface area contributed by atoms with Crippen molar-refractivity contribution in [1.29, 1.82) is 0 Å². The van der Waals surface area contributed by atoms with Gasteiger partial charge in [-0.2, -0.15) is 0 Å². The molecule has 1 aromatic heterocycles. The maximum atomic E-state index is 13.5. The van der Waals surface area contributed by atoms with Crippen LogP contribution in [0.4, 0.5) is 10.1 Å². The van der Waals surface area contributed by atoms with Crippen LogP contribution in [-0.2, 0) is 17.8 Å². The number of primary amides is 1. The maximum absolute atomic E-state index is 13.5. The van der Waals surface area contributed by atoms with Crippen LogP contribution in [0.5, 0.6) is 0 Å². The van der Waals surface area contributed by atoms with Gasteiger partial charge in [-0.3, -0.25) is 9.59 Å². The zero-order chi connectivity index (χ0) is 25.1. The van der Waals surface area contributed by atoms with Gasteiger partial charge in [0.05, 0.1) is 30.0 Å². The first-order chi connectivity index (χ1) is 16.7. The minimum Gasteiger partial charge on any atom is -0.478 e. The Labute approximate surface area is 200 Å². The van der Waals surface area contributed by atoms with Crippen LogP contribution in [0.1, 0.15) is 55.6 Å². The number of carboxylic acids is 1. The number of amides is 2. The van der Waals surface area contributed by atoms with E-state index in [0.29, 0.717) is 24.1 Å². The van der Waals surface area contributed by atoms with Crippen molar-refractivity contribution in [1.82, 2.24) is 15.3 Å². The van der Waals surface area contributed by atoms with E-state index >= 15 is 0 Å². The molecule has 0 spiro atoms. The van der Waals surface area contributed by atoms with E-state index in [0.717, 1.165) is 16.7 Å². The van der Waals surface area contributed by atoms with Gasteiger partial charge in [-0.15, -0.1) is 0 Å². The van der Waals surface area contributed by atoms with Crippen molar-refractivity contribution >= 4 is 23.5 Å². The van der Waals surface area contributed by atoms with Gasteiger partial charge in [0.25, 0.3) is 5.91 Å². The lowest BCUT2D eigenvalue weighted by Crippen LogP contribution is -2.38. The molecule has 1 aliphatic rings. The summed E-state index contributed by atoms with van der Waals surface area (Å²) in [5, 5.41) is 12.1. The average Bonchev–Trinajstić information content (AvgIpc) is 3.26. The lowest BCUT2D eigenvalue weighted by Gasteiger charge is -2.31. The Kier molecular flexibility index (Phi) is 6.72. The van der Waals surface area contributed by atoms with Gasteiger partial charge in [0.15, 0.2) is 5.69 Å². The van der Waals surface area contributed by atoms with Gasteiger partial charge in [0.1, 0.15) is 12.1 Å². The highest BCUT2D eigenvalue weighted by atomic mass is 19.1. The Bertz CT molecular complexity index is 1310. The van der Waals surface area contributed by atoms with E-state index in [-0.39, 0.29) is 36.2 Å². The molecule has 0 saturated heterocycles. The lowest BCUT2D eigenvalue weighted by molar-refractivity contribution is -0.116. The minimum atomic E-state index is -1.02. The second-order valence-electron chi connectivity index (χ2n) is 8.39. The van der Waals surface area contributed by atoms with Gasteiger partial charge in [0.2, 0.25) is 5.91 Å². The molecule has 180 valence electrons. The fraction of sp³-hybridized carbons (Fsp3) is 0.240. The first kappa shape index (κ1) is 23.8. The topological polar surface area (TPSA) is 139 Å². The molecule has 4 rings (SSSR count). The van der Waals surface area contributed by atoms with Crippen LogP contribution in [0, 0.1) is 12.7 Å². The molecule has 1 aliphatic carbocycles. The first-order valence-corrected chi connectivity index (χ1v) is 11.0. The number of carbonyl (C=O) groups is 3. The van der Waals surface area contributed by atoms with Crippen molar-refractivity contribution in [2.24, 2.45) is 5.73 Å². The molecule has 0 aliphatic heterocycles. The summed E-state index contributed by atoms with van der Waals surface area (Å²) >= 11 is 0. The highest BCUT2D eigenvalue weighted by Gasteiger charge is 2.32. The van der Waals surface area contributed by atoms with Gasteiger partial charge in [0, 0.05) is 6.54 Å². The van der Waals surface area contributed by atoms with E-state index in [4.69, 9.17) is 5.73 Å². The standard InChI is InChI=1S/C25H24FN5O4/c1-14-8-15(2-6-19(14)26)10-29-24(33)23-21(11-28-13-30-23)31(12-22(27)32)20-7-4-16-9-17(25(34)35)3-5-18(16)20/h2-3,5-6,8-9,11,13,20H,4,7,10,12H2,1H3,(H2,27,32)(H,29,33)(H,34,35). The van der Waals surface area contributed by atoms with Gasteiger partial charge in [-0.05, 0) is 60.2 Å². The molecule has 1 atom stereocenters. The van der Waals surface area contributed by atoms with E-state index in [2.05, 4.69) is 15.3 Å². The smallest absolute Gasteiger partial charge is 0.335 e. The molecule has 9 nitrogen and oxygen atoms in total. The number of hydrogen-bond donors (Lipinski definition) is 3. The normalized spacial score (nSPS) is 14.3. The molecule has 3 aromatic rings. The molecule has 35 heavy (non-hydrogen) atoms. The van der Waals surface area contributed by atoms with Gasteiger partial charge < -0.3 is 21.1 Å². The Hall–Kier alpha value is -4.34. The van der Waals surface area contributed by atoms with Gasteiger partial charge in [-0.25, -0.2) is 19.2 Å². The molecule has 0 saturated carbocycles. The van der Waals surface area contributed by atoms with E-state index < -0.39 is 17.8 Å². The molecule has 0 bridgehead atoms. The number of aryl methyl sites for hydroxylation is 2. The second kappa shape index (κ2) is 9.88. The minimum absolute atomic E-state index is 0.0655. The molecule has 4 N–H and O–H groups in total. The summed E-state index contributed by atoms with van der Waals surface area (Å²) in [5.41, 5.74) is 9.03. The quantitative estimate of drug-likeness (QED) is 0.453. The number of nitrogens with one attached hydrogen (secondary N) is 1. The van der Waals surface area contributed by atoms with Crippen LogP contribution in [-0.4, -0.2) is 39.4 Å². The van der Waals surface area contributed by atoms with Crippen LogP contribution in [0.15, 0.2) is 48.9 Å². The van der Waals surface area contributed by atoms with Gasteiger partial charge >= 0.3 is 5.97 Å². The van der Waals surface area contributed by atoms with Crippen LogP contribution >= 0.6 is 0 Å². The molecular formula is C25H24FN5O4. The van der Waals surface area contributed by atoms with Crippen molar-refractivity contribution in [3.8, 4) is 0 Å². The Morgan fingerprint density at radius 2 is 2.03 bits per heavy atom. The molecule has 2 aromatic carbocycles. The number of aromatic carboxylic acids is 1. The third-order valence-electron chi connectivity index (χ3n) is 6.03. The molecule has 1 heterocycles. The van der Waals surface area contributed by atoms with Gasteiger partial charge in [-0.1, -0.05) is 18.2 Å². The van der Waals surface area contributed by atoms with Crippen LogP contribution in [0.3, 0.4) is 0 Å². The van der Waals surface area contributed by atoms with E-state index in [1.165, 1.54) is 24.7 Å². The van der Waals surface area contributed by atoms with E-state index in [1.54, 1.807) is 36.1 Å². The fourth-order valence-electron chi connectivity index (χ4n) is 4.37. The number of fused-ring (bicyclic) bond motifs is 1. The SMILES string of the molecule is Cc1cc(CNC(=O)c2ncncc2N(CC(N)=O)C2CCc3cc(C(=O)O)ccc32)ccc1F. The average molecular weight is 477 g/mol. The molecular weight excluding hydrogens is 453 g/mol. The van der Waals surface area contributed by atoms with Crippen molar-refractivity contribution in [2.45, 2.75) is 32.4 Å². The number of rotatable bonds is 8. The summed E-state index contributed by atoms with van der Waals surface area (Å²) in [4.78, 5) is 46.3. The monoisotopic (exact) mass is 477 g/mol. The number of hydrogen-bond acceptors (Lipinski definition) is 6. The summed E-state index contributed by atoms with van der Waals surface area (Å²) < 4.78 is 13.5. The second-order valence-corrected chi connectivity index (χ2v) is 8.39. The zero-order valence-electron chi connectivity index (χ0n) is 19.0. The Morgan fingerprint density at radius 3 is 2.74 bits per heavy atom. The summed E-state index contributed by atoms with van der Waals surface area (Å²) in [7, 11) is 0. The zero-order valence-corrected chi connectivity index (χ0v) is 19.0. The number of nitrogens with two attached hydrogens (primary N) is 1. The molecule has 10 heteroatoms. The summed E-state index contributed by atoms with van der Waals surface area (Å²) in [5.74, 6) is -2.43. The van der Waals surface area contributed by atoms with Crippen molar-refractivity contribution in [3.05, 3.63) is 88.3 Å². The highest BCUT2D eigenvalue weighted by Crippen LogP contribution is 2.39. The summed E-state index contributed by atoms with van der Waals surface area (Å²) in [6, 6.07) is 9.12. The van der Waals surface area contributed by atoms with E-state index in [9.17, 15) is 23.9 Å². The Morgan fingerprint density at radius 1 is 1.23 bits per heavy atom. The third-order valence-corrected chi connectivity index (χ3v) is 6.03. The molecule has 0 radical (unpaired) electrons. The first-order valence-electron chi connectivity index (χ1n) is 11.0. The predicted octanol–water partition coefficient (Wildman–Crippen LogP) is 2.53. The fourth-order valence-corrected chi connectivity index (χ4v) is 4.37. The van der Waals surface area contributed by atoms with Crippen LogP contribution in [0.25, 0.3) is 0 Å².